The van der Waals surface area contributed by atoms with Crippen LogP contribution in [0.25, 0.3) is 0 Å². The van der Waals surface area contributed by atoms with Crippen molar-refractivity contribution in [1.82, 2.24) is 0 Å². The van der Waals surface area contributed by atoms with E-state index in [-0.39, 0.29) is 17.6 Å². The van der Waals surface area contributed by atoms with E-state index in [0.717, 1.165) is 22.4 Å². The van der Waals surface area contributed by atoms with Crippen LogP contribution in [0.4, 0.5) is 0 Å². The van der Waals surface area contributed by atoms with Crippen LogP contribution in [-0.2, 0) is 20.3 Å². The fourth-order valence-corrected chi connectivity index (χ4v) is 2.42. The second-order valence-corrected chi connectivity index (χ2v) is 8.08. The van der Waals surface area contributed by atoms with Gasteiger partial charge in [-0.2, -0.15) is 5.10 Å². The van der Waals surface area contributed by atoms with Crippen molar-refractivity contribution in [2.45, 2.75) is 52.4 Å². The molecular weight excluding hydrogens is 318 g/mol. The van der Waals surface area contributed by atoms with Crippen LogP contribution in [0.5, 0.6) is 5.75 Å². The van der Waals surface area contributed by atoms with Crippen molar-refractivity contribution in [3.63, 3.8) is 0 Å². The number of hydrazone groups is 1. The number of nitrogens with two attached hydrogens (primary N) is 2. The average Bonchev–Trinajstić information content (AvgIpc) is 2.51. The summed E-state index contributed by atoms with van der Waals surface area (Å²) in [7, 11) is 1.64. The Hall–Kier alpha value is -1.79. The number of benzene rings is 1. The van der Waals surface area contributed by atoms with Gasteiger partial charge in [0.1, 0.15) is 11.6 Å². The normalized spacial score (nSPS) is 13.2. The van der Waals surface area contributed by atoms with Crippen LogP contribution < -0.4 is 16.3 Å². The van der Waals surface area contributed by atoms with E-state index < -0.39 is 0 Å². The Morgan fingerprint density at radius 2 is 1.52 bits per heavy atom. The molecule has 0 atom stereocenters. The predicted octanol–water partition coefficient (Wildman–Crippen LogP) is 2.86. The lowest BCUT2D eigenvalue weighted by atomic mass is 9.78. The second kappa shape index (κ2) is 8.54. The van der Waals surface area contributed by atoms with Crippen LogP contribution >= 0.6 is 0 Å². The van der Waals surface area contributed by atoms with Gasteiger partial charge in [-0.15, -0.1) is 0 Å². The van der Waals surface area contributed by atoms with E-state index in [1.807, 2.05) is 12.1 Å². The number of hydrogen-bond acceptors (Lipinski definition) is 5. The molecule has 6 heteroatoms. The molecule has 0 saturated heterocycles. The topological polar surface area (TPSA) is 92.1 Å². The first-order chi connectivity index (χ1) is 11.5. The molecule has 4 N–H and O–H groups in total. The van der Waals surface area contributed by atoms with Gasteiger partial charge in [-0.25, -0.2) is 0 Å². The fraction of sp³-hybridized carbons (Fsp3) is 0.632. The maximum Gasteiger partial charge on any atom is 0.189 e. The summed E-state index contributed by atoms with van der Waals surface area (Å²) in [6.07, 6.45) is 0. The highest BCUT2D eigenvalue weighted by Gasteiger charge is 2.28. The van der Waals surface area contributed by atoms with Gasteiger partial charge in [0.2, 0.25) is 0 Å². The SMILES string of the molecule is COCCOCOc1c(C(C)(C)C)cc(C(N)=NN)cc1C(C)(C)C. The van der Waals surface area contributed by atoms with E-state index in [2.05, 4.69) is 46.6 Å². The third-order valence-corrected chi connectivity index (χ3v) is 3.86. The Kier molecular flexibility index (Phi) is 7.26. The van der Waals surface area contributed by atoms with Crippen LogP contribution in [0.2, 0.25) is 0 Å². The molecular formula is C19H33N3O3. The quantitative estimate of drug-likeness (QED) is 0.197. The summed E-state index contributed by atoms with van der Waals surface area (Å²) < 4.78 is 16.5. The van der Waals surface area contributed by atoms with Gasteiger partial charge in [0, 0.05) is 23.8 Å². The summed E-state index contributed by atoms with van der Waals surface area (Å²) in [5, 5.41) is 3.65. The van der Waals surface area contributed by atoms with Gasteiger partial charge in [-0.3, -0.25) is 0 Å². The Morgan fingerprint density at radius 3 is 1.92 bits per heavy atom. The summed E-state index contributed by atoms with van der Waals surface area (Å²) in [5.74, 6) is 6.52. The molecule has 0 aliphatic rings. The fourth-order valence-electron chi connectivity index (χ4n) is 2.42. The average molecular weight is 351 g/mol. The minimum absolute atomic E-state index is 0.146. The maximum absolute atomic E-state index is 6.05. The Labute approximate surface area is 151 Å². The number of ether oxygens (including phenoxy) is 3. The first-order valence-corrected chi connectivity index (χ1v) is 8.44. The number of rotatable bonds is 7. The van der Waals surface area contributed by atoms with Gasteiger partial charge >= 0.3 is 0 Å². The summed E-state index contributed by atoms with van der Waals surface area (Å²) in [6, 6.07) is 3.98. The van der Waals surface area contributed by atoms with E-state index in [4.69, 9.17) is 25.8 Å². The largest absolute Gasteiger partial charge is 0.467 e. The molecule has 0 aliphatic heterocycles. The zero-order chi connectivity index (χ0) is 19.3. The lowest BCUT2D eigenvalue weighted by Crippen LogP contribution is -2.24. The third kappa shape index (κ3) is 5.90. The Balaban J connectivity index is 3.38. The molecule has 0 aromatic heterocycles. The minimum Gasteiger partial charge on any atom is -0.467 e. The van der Waals surface area contributed by atoms with E-state index in [0.29, 0.717) is 19.0 Å². The first-order valence-electron chi connectivity index (χ1n) is 8.44. The molecule has 0 aliphatic carbocycles. The third-order valence-electron chi connectivity index (χ3n) is 3.86. The number of hydrogen-bond donors (Lipinski definition) is 2. The van der Waals surface area contributed by atoms with Gasteiger partial charge in [0.25, 0.3) is 0 Å². The molecule has 1 aromatic carbocycles. The van der Waals surface area contributed by atoms with Crippen molar-refractivity contribution in [1.29, 1.82) is 0 Å². The zero-order valence-electron chi connectivity index (χ0n) is 16.6. The lowest BCUT2D eigenvalue weighted by molar-refractivity contribution is -0.00992. The van der Waals surface area contributed by atoms with Gasteiger partial charge in [-0.05, 0) is 23.0 Å². The van der Waals surface area contributed by atoms with Crippen molar-refractivity contribution in [3.05, 3.63) is 28.8 Å². The van der Waals surface area contributed by atoms with Crippen molar-refractivity contribution in [2.24, 2.45) is 16.7 Å². The molecule has 0 heterocycles. The molecule has 25 heavy (non-hydrogen) atoms. The van der Waals surface area contributed by atoms with Gasteiger partial charge in [0.15, 0.2) is 6.79 Å². The number of methoxy groups -OCH3 is 1. The van der Waals surface area contributed by atoms with Crippen molar-refractivity contribution in [3.8, 4) is 5.75 Å². The lowest BCUT2D eigenvalue weighted by Gasteiger charge is -2.30. The molecule has 142 valence electrons. The van der Waals surface area contributed by atoms with Crippen LogP contribution in [0.15, 0.2) is 17.2 Å². The predicted molar refractivity (Wildman–Crippen MR) is 102 cm³/mol. The minimum atomic E-state index is -0.146. The molecule has 6 nitrogen and oxygen atoms in total. The summed E-state index contributed by atoms with van der Waals surface area (Å²) in [5.41, 5.74) is 8.55. The molecule has 0 unspecified atom stereocenters. The molecule has 0 amide bonds. The number of nitrogens with zero attached hydrogens (tertiary/aromatic N) is 1. The van der Waals surface area contributed by atoms with Crippen LogP contribution in [0.3, 0.4) is 0 Å². The zero-order valence-corrected chi connectivity index (χ0v) is 16.6. The highest BCUT2D eigenvalue weighted by atomic mass is 16.7. The molecule has 0 fully saturated rings. The van der Waals surface area contributed by atoms with Crippen LogP contribution in [-0.4, -0.2) is 33.0 Å². The molecule has 0 radical (unpaired) electrons. The Bertz CT molecular complexity index is 564. The monoisotopic (exact) mass is 351 g/mol. The highest BCUT2D eigenvalue weighted by Crippen LogP contribution is 2.40. The maximum atomic E-state index is 6.05. The molecule has 1 aromatic rings. The summed E-state index contributed by atoms with van der Waals surface area (Å²) >= 11 is 0. The van der Waals surface area contributed by atoms with E-state index in [1.54, 1.807) is 7.11 Å². The molecule has 0 bridgehead atoms. The summed E-state index contributed by atoms with van der Waals surface area (Å²) in [6.45, 7) is 14.0. The van der Waals surface area contributed by atoms with Crippen molar-refractivity contribution in [2.75, 3.05) is 27.1 Å². The smallest absolute Gasteiger partial charge is 0.189 e. The van der Waals surface area contributed by atoms with E-state index in [1.165, 1.54) is 0 Å². The number of amidine groups is 1. The van der Waals surface area contributed by atoms with E-state index >= 15 is 0 Å². The highest BCUT2D eigenvalue weighted by molar-refractivity contribution is 5.98. The molecule has 0 spiro atoms. The first kappa shape index (κ1) is 21.3. The Morgan fingerprint density at radius 1 is 1.00 bits per heavy atom. The van der Waals surface area contributed by atoms with Crippen LogP contribution in [0, 0.1) is 0 Å². The molecule has 0 saturated carbocycles. The van der Waals surface area contributed by atoms with Gasteiger partial charge in [0.05, 0.1) is 13.2 Å². The standard InChI is InChI=1S/C19H33N3O3/c1-18(2,3)14-10-13(17(20)22-21)11-15(19(4,5)6)16(14)25-12-24-9-8-23-7/h10-11H,8-9,12,21H2,1-7H3,(H2,20,22). The summed E-state index contributed by atoms with van der Waals surface area (Å²) in [4.78, 5) is 0. The molecule has 1 rings (SSSR count). The van der Waals surface area contributed by atoms with Gasteiger partial charge in [-0.1, -0.05) is 41.5 Å². The van der Waals surface area contributed by atoms with Crippen molar-refractivity contribution < 1.29 is 14.2 Å². The van der Waals surface area contributed by atoms with Crippen molar-refractivity contribution >= 4 is 5.84 Å². The van der Waals surface area contributed by atoms with Crippen LogP contribution in [0.1, 0.15) is 58.2 Å². The second-order valence-electron chi connectivity index (χ2n) is 8.08. The van der Waals surface area contributed by atoms with E-state index in [9.17, 15) is 0 Å². The van der Waals surface area contributed by atoms with Gasteiger partial charge < -0.3 is 25.8 Å².